The molecule has 2 rings (SSSR count). The molecule has 5 nitrogen and oxygen atoms in total. The predicted octanol–water partition coefficient (Wildman–Crippen LogP) is 1.71. The van der Waals surface area contributed by atoms with E-state index in [1.807, 2.05) is 19.1 Å². The molecule has 2 atom stereocenters. The first-order valence-corrected chi connectivity index (χ1v) is 6.92. The number of aliphatic carboxylic acids is 1. The molecule has 21 heavy (non-hydrogen) atoms. The SMILES string of the molecule is Cc1ccc(C=CC(=O)N2C[C@H](O)C[C@@H]2C(=O)O)cc1Cl. The van der Waals surface area contributed by atoms with Crippen LogP contribution in [0.25, 0.3) is 6.08 Å². The highest BCUT2D eigenvalue weighted by Crippen LogP contribution is 2.20. The van der Waals surface area contributed by atoms with E-state index >= 15 is 0 Å². The first-order chi connectivity index (χ1) is 9.88. The Bertz CT molecular complexity index is 599. The van der Waals surface area contributed by atoms with Crippen molar-refractivity contribution in [1.82, 2.24) is 4.90 Å². The van der Waals surface area contributed by atoms with Gasteiger partial charge in [0.25, 0.3) is 0 Å². The lowest BCUT2D eigenvalue weighted by Crippen LogP contribution is -2.39. The van der Waals surface area contributed by atoms with Gasteiger partial charge in [-0.3, -0.25) is 4.79 Å². The maximum absolute atomic E-state index is 12.1. The van der Waals surface area contributed by atoms with Gasteiger partial charge in [0.15, 0.2) is 0 Å². The number of amides is 1. The first kappa shape index (κ1) is 15.5. The van der Waals surface area contributed by atoms with Crippen LogP contribution in [-0.4, -0.2) is 45.7 Å². The summed E-state index contributed by atoms with van der Waals surface area (Å²) in [7, 11) is 0. The quantitative estimate of drug-likeness (QED) is 0.833. The molecule has 1 saturated heterocycles. The fraction of sp³-hybridized carbons (Fsp3) is 0.333. The molecule has 0 aliphatic carbocycles. The largest absolute Gasteiger partial charge is 0.480 e. The summed E-state index contributed by atoms with van der Waals surface area (Å²) in [5.41, 5.74) is 1.69. The molecule has 1 aliphatic rings. The molecule has 0 unspecified atom stereocenters. The van der Waals surface area contributed by atoms with Gasteiger partial charge in [-0.1, -0.05) is 23.7 Å². The minimum atomic E-state index is -1.10. The van der Waals surface area contributed by atoms with Crippen molar-refractivity contribution < 1.29 is 19.8 Å². The Morgan fingerprint density at radius 3 is 2.76 bits per heavy atom. The third-order valence-corrected chi connectivity index (χ3v) is 3.87. The van der Waals surface area contributed by atoms with Gasteiger partial charge in [-0.25, -0.2) is 4.79 Å². The van der Waals surface area contributed by atoms with Crippen LogP contribution in [-0.2, 0) is 9.59 Å². The highest BCUT2D eigenvalue weighted by atomic mass is 35.5. The number of likely N-dealkylation sites (tertiary alicyclic amines) is 1. The zero-order valence-electron chi connectivity index (χ0n) is 11.5. The molecule has 0 radical (unpaired) electrons. The number of hydrogen-bond acceptors (Lipinski definition) is 3. The lowest BCUT2D eigenvalue weighted by atomic mass is 10.1. The number of carbonyl (C=O) groups is 2. The number of halogens is 1. The number of carboxylic acid groups (broad SMARTS) is 1. The first-order valence-electron chi connectivity index (χ1n) is 6.54. The third-order valence-electron chi connectivity index (χ3n) is 3.46. The highest BCUT2D eigenvalue weighted by Gasteiger charge is 2.37. The lowest BCUT2D eigenvalue weighted by Gasteiger charge is -2.19. The van der Waals surface area contributed by atoms with Crippen molar-refractivity contribution in [2.75, 3.05) is 6.54 Å². The van der Waals surface area contributed by atoms with Gasteiger partial charge >= 0.3 is 5.97 Å². The zero-order valence-corrected chi connectivity index (χ0v) is 12.2. The Labute approximate surface area is 127 Å². The van der Waals surface area contributed by atoms with E-state index in [1.165, 1.54) is 11.0 Å². The average molecular weight is 310 g/mol. The molecule has 1 heterocycles. The van der Waals surface area contributed by atoms with Crippen LogP contribution in [0.15, 0.2) is 24.3 Å². The number of hydrogen-bond donors (Lipinski definition) is 2. The van der Waals surface area contributed by atoms with Crippen LogP contribution in [0.3, 0.4) is 0 Å². The van der Waals surface area contributed by atoms with E-state index in [9.17, 15) is 14.7 Å². The van der Waals surface area contributed by atoms with Crippen molar-refractivity contribution in [2.24, 2.45) is 0 Å². The summed E-state index contributed by atoms with van der Waals surface area (Å²) >= 11 is 6.00. The van der Waals surface area contributed by atoms with Crippen LogP contribution in [0.4, 0.5) is 0 Å². The lowest BCUT2D eigenvalue weighted by molar-refractivity contribution is -0.146. The number of aliphatic hydroxyl groups excluding tert-OH is 1. The van der Waals surface area contributed by atoms with Gasteiger partial charge in [0.2, 0.25) is 5.91 Å². The Balaban J connectivity index is 2.11. The van der Waals surface area contributed by atoms with Crippen LogP contribution in [0.1, 0.15) is 17.5 Å². The van der Waals surface area contributed by atoms with Crippen molar-refractivity contribution in [3.63, 3.8) is 0 Å². The number of nitrogens with zero attached hydrogens (tertiary/aromatic N) is 1. The molecule has 0 spiro atoms. The van der Waals surface area contributed by atoms with E-state index in [0.717, 1.165) is 11.1 Å². The minimum absolute atomic E-state index is 0.0365. The summed E-state index contributed by atoms with van der Waals surface area (Å²) < 4.78 is 0. The van der Waals surface area contributed by atoms with Crippen LogP contribution in [0, 0.1) is 6.92 Å². The summed E-state index contributed by atoms with van der Waals surface area (Å²) in [6, 6.07) is 4.41. The topological polar surface area (TPSA) is 77.8 Å². The second kappa shape index (κ2) is 6.28. The van der Waals surface area contributed by atoms with Gasteiger partial charge in [0.1, 0.15) is 6.04 Å². The maximum Gasteiger partial charge on any atom is 0.326 e. The molecule has 112 valence electrons. The normalized spacial score (nSPS) is 22.0. The molecule has 1 fully saturated rings. The van der Waals surface area contributed by atoms with Gasteiger partial charge in [0, 0.05) is 24.1 Å². The number of β-amino-alcohol motifs (C(OH)–C–C–N with tert-alkyl or cyclic N) is 1. The summed E-state index contributed by atoms with van der Waals surface area (Å²) in [4.78, 5) is 24.3. The van der Waals surface area contributed by atoms with E-state index in [2.05, 4.69) is 0 Å². The fourth-order valence-electron chi connectivity index (χ4n) is 2.27. The molecule has 2 N–H and O–H groups in total. The molecule has 0 bridgehead atoms. The summed E-state index contributed by atoms with van der Waals surface area (Å²) in [5.74, 6) is -1.54. The molecule has 6 heteroatoms. The summed E-state index contributed by atoms with van der Waals surface area (Å²) in [5, 5.41) is 19.2. The van der Waals surface area contributed by atoms with Gasteiger partial charge in [-0.15, -0.1) is 0 Å². The number of benzene rings is 1. The fourth-order valence-corrected chi connectivity index (χ4v) is 2.46. The average Bonchev–Trinajstić information content (AvgIpc) is 2.82. The van der Waals surface area contributed by atoms with E-state index < -0.39 is 24.0 Å². The maximum atomic E-state index is 12.1. The van der Waals surface area contributed by atoms with Gasteiger partial charge in [-0.2, -0.15) is 0 Å². The molecular weight excluding hydrogens is 294 g/mol. The second-order valence-electron chi connectivity index (χ2n) is 5.08. The highest BCUT2D eigenvalue weighted by molar-refractivity contribution is 6.31. The van der Waals surface area contributed by atoms with Gasteiger partial charge in [0.05, 0.1) is 6.10 Å². The van der Waals surface area contributed by atoms with Gasteiger partial charge in [-0.05, 0) is 30.2 Å². The van der Waals surface area contributed by atoms with E-state index in [-0.39, 0.29) is 13.0 Å². The predicted molar refractivity (Wildman–Crippen MR) is 79.0 cm³/mol. The standard InChI is InChI=1S/C15H16ClNO4/c1-9-2-3-10(6-12(9)16)4-5-14(19)17-8-11(18)7-13(17)15(20)21/h2-6,11,13,18H,7-8H2,1H3,(H,20,21)/t11-,13-/m1/s1. The van der Waals surface area contributed by atoms with Crippen LogP contribution in [0.5, 0.6) is 0 Å². The molecule has 1 aromatic rings. The summed E-state index contributed by atoms with van der Waals surface area (Å²) in [6.45, 7) is 1.92. The number of carbonyl (C=O) groups excluding carboxylic acids is 1. The number of carboxylic acids is 1. The molecule has 1 aromatic carbocycles. The number of rotatable bonds is 3. The zero-order chi connectivity index (χ0) is 15.6. The Morgan fingerprint density at radius 1 is 1.43 bits per heavy atom. The Hall–Kier alpha value is -1.85. The van der Waals surface area contributed by atoms with Crippen LogP contribution < -0.4 is 0 Å². The number of aliphatic hydroxyl groups is 1. The number of aryl methyl sites for hydroxylation is 1. The molecule has 0 aromatic heterocycles. The van der Waals surface area contributed by atoms with E-state index in [0.29, 0.717) is 5.02 Å². The third kappa shape index (κ3) is 3.62. The molecule has 0 saturated carbocycles. The Kier molecular flexibility index (Phi) is 4.65. The monoisotopic (exact) mass is 309 g/mol. The van der Waals surface area contributed by atoms with E-state index in [4.69, 9.17) is 16.7 Å². The van der Waals surface area contributed by atoms with Crippen molar-refractivity contribution in [3.05, 3.63) is 40.4 Å². The molecule has 1 amide bonds. The Morgan fingerprint density at radius 2 is 2.14 bits per heavy atom. The minimum Gasteiger partial charge on any atom is -0.480 e. The van der Waals surface area contributed by atoms with Crippen LogP contribution in [0.2, 0.25) is 5.02 Å². The van der Waals surface area contributed by atoms with Crippen molar-refractivity contribution in [1.29, 1.82) is 0 Å². The molecule has 1 aliphatic heterocycles. The van der Waals surface area contributed by atoms with Gasteiger partial charge < -0.3 is 15.1 Å². The van der Waals surface area contributed by atoms with Crippen molar-refractivity contribution in [3.8, 4) is 0 Å². The second-order valence-corrected chi connectivity index (χ2v) is 5.48. The summed E-state index contributed by atoms with van der Waals surface area (Å²) in [6.07, 6.45) is 2.15. The molecular formula is C15H16ClNO4. The van der Waals surface area contributed by atoms with E-state index in [1.54, 1.807) is 12.1 Å². The van der Waals surface area contributed by atoms with Crippen molar-refractivity contribution >= 4 is 29.6 Å². The smallest absolute Gasteiger partial charge is 0.326 e. The van der Waals surface area contributed by atoms with Crippen molar-refractivity contribution in [2.45, 2.75) is 25.5 Å². The van der Waals surface area contributed by atoms with Crippen LogP contribution >= 0.6 is 11.6 Å².